The Morgan fingerprint density at radius 3 is 2.80 bits per heavy atom. The van der Waals surface area contributed by atoms with E-state index >= 15 is 0 Å². The molecule has 0 aliphatic carbocycles. The van der Waals surface area contributed by atoms with Crippen molar-refractivity contribution in [3.63, 3.8) is 0 Å². The molecule has 0 fully saturated rings. The minimum Gasteiger partial charge on any atom is -0.321 e. The van der Waals surface area contributed by atoms with Gasteiger partial charge in [0.15, 0.2) is 0 Å². The van der Waals surface area contributed by atoms with Gasteiger partial charge in [-0.2, -0.15) is 0 Å². The zero-order valence-electron chi connectivity index (χ0n) is 15.2. The van der Waals surface area contributed by atoms with Crippen LogP contribution in [0.5, 0.6) is 0 Å². The van der Waals surface area contributed by atoms with Crippen LogP contribution in [0.1, 0.15) is 48.0 Å². The predicted octanol–water partition coefficient (Wildman–Crippen LogP) is 4.38. The number of aryl methyl sites for hydroxylation is 1. The number of fused-ring (bicyclic) bond motifs is 1. The minimum atomic E-state index is -0.117. The molecular formula is C20H24BrN3O. The van der Waals surface area contributed by atoms with Crippen molar-refractivity contribution >= 4 is 27.5 Å². The van der Waals surface area contributed by atoms with E-state index in [1.807, 2.05) is 24.3 Å². The fourth-order valence-electron chi connectivity index (χ4n) is 3.58. The molecule has 1 aliphatic heterocycles. The van der Waals surface area contributed by atoms with E-state index < -0.39 is 0 Å². The molecule has 3 rings (SSSR count). The van der Waals surface area contributed by atoms with Crippen LogP contribution in [0.4, 0.5) is 5.69 Å². The highest BCUT2D eigenvalue weighted by atomic mass is 79.9. The number of aromatic nitrogens is 1. The van der Waals surface area contributed by atoms with Gasteiger partial charge in [0.2, 0.25) is 0 Å². The molecule has 1 aromatic heterocycles. The summed E-state index contributed by atoms with van der Waals surface area (Å²) in [6.07, 6.45) is 2.69. The first-order chi connectivity index (χ1) is 11.8. The lowest BCUT2D eigenvalue weighted by atomic mass is 9.82. The number of halogens is 1. The zero-order chi connectivity index (χ0) is 18.2. The van der Waals surface area contributed by atoms with E-state index in [1.165, 1.54) is 11.1 Å². The Labute approximate surface area is 157 Å². The molecule has 0 spiro atoms. The zero-order valence-corrected chi connectivity index (χ0v) is 16.8. The van der Waals surface area contributed by atoms with Crippen molar-refractivity contribution < 1.29 is 4.79 Å². The number of nitrogens with zero attached hydrogens (tertiary/aromatic N) is 2. The molecule has 1 aromatic carbocycles. The Kier molecular flexibility index (Phi) is 4.98. The van der Waals surface area contributed by atoms with E-state index in [0.717, 1.165) is 35.4 Å². The average molecular weight is 402 g/mol. The second-order valence-electron chi connectivity index (χ2n) is 7.40. The summed E-state index contributed by atoms with van der Waals surface area (Å²) in [5.74, 6) is -0.117. The quantitative estimate of drug-likeness (QED) is 0.829. The minimum absolute atomic E-state index is 0.0196. The van der Waals surface area contributed by atoms with Crippen molar-refractivity contribution in [2.75, 3.05) is 18.9 Å². The maximum Gasteiger partial charge on any atom is 0.255 e. The van der Waals surface area contributed by atoms with Crippen LogP contribution in [-0.2, 0) is 18.4 Å². The standard InChI is InChI=1S/C20H24BrN3O/c1-5-13-6-7-14(9-17(13)21)19(25)23-16-8-15-11-24(4)12-20(2,3)18(15)22-10-16/h6-10H,5,11-12H2,1-4H3,(H,23,25). The lowest BCUT2D eigenvalue weighted by molar-refractivity contribution is 0.102. The van der Waals surface area contributed by atoms with Crippen LogP contribution in [0.2, 0.25) is 0 Å². The first-order valence-corrected chi connectivity index (χ1v) is 9.37. The van der Waals surface area contributed by atoms with E-state index in [1.54, 1.807) is 6.20 Å². The SMILES string of the molecule is CCc1ccc(C(=O)Nc2cnc3c(c2)CN(C)CC3(C)C)cc1Br. The first-order valence-electron chi connectivity index (χ1n) is 8.58. The largest absolute Gasteiger partial charge is 0.321 e. The summed E-state index contributed by atoms with van der Waals surface area (Å²) in [6.45, 7) is 8.35. The van der Waals surface area contributed by atoms with Crippen molar-refractivity contribution in [3.8, 4) is 0 Å². The summed E-state index contributed by atoms with van der Waals surface area (Å²) >= 11 is 3.53. The number of anilines is 1. The second kappa shape index (κ2) is 6.89. The molecule has 132 valence electrons. The molecule has 1 aliphatic rings. The molecule has 2 heterocycles. The van der Waals surface area contributed by atoms with Crippen LogP contribution >= 0.6 is 15.9 Å². The number of carbonyl (C=O) groups excluding carboxylic acids is 1. The third kappa shape index (κ3) is 3.77. The predicted molar refractivity (Wildman–Crippen MR) is 105 cm³/mol. The van der Waals surface area contributed by atoms with Gasteiger partial charge in [-0.15, -0.1) is 0 Å². The molecule has 0 saturated heterocycles. The van der Waals surface area contributed by atoms with Crippen LogP contribution in [0.25, 0.3) is 0 Å². The molecule has 0 atom stereocenters. The van der Waals surface area contributed by atoms with Gasteiger partial charge in [-0.05, 0) is 42.8 Å². The number of carbonyl (C=O) groups is 1. The Bertz CT molecular complexity index is 817. The van der Waals surface area contributed by atoms with E-state index in [-0.39, 0.29) is 11.3 Å². The molecule has 2 aromatic rings. The van der Waals surface area contributed by atoms with Crippen LogP contribution in [0, 0.1) is 0 Å². The number of likely N-dealkylation sites (N-methyl/N-ethyl adjacent to an activating group) is 1. The second-order valence-corrected chi connectivity index (χ2v) is 8.26. The summed E-state index contributed by atoms with van der Waals surface area (Å²) in [5.41, 5.74) is 4.89. The van der Waals surface area contributed by atoms with Crippen LogP contribution in [0.15, 0.2) is 34.9 Å². The molecule has 4 nitrogen and oxygen atoms in total. The number of hydrogen-bond acceptors (Lipinski definition) is 3. The number of pyridine rings is 1. The molecular weight excluding hydrogens is 378 g/mol. The Morgan fingerprint density at radius 1 is 1.36 bits per heavy atom. The topological polar surface area (TPSA) is 45.2 Å². The van der Waals surface area contributed by atoms with Crippen LogP contribution in [0.3, 0.4) is 0 Å². The van der Waals surface area contributed by atoms with E-state index in [4.69, 9.17) is 0 Å². The molecule has 25 heavy (non-hydrogen) atoms. The fourth-order valence-corrected chi connectivity index (χ4v) is 4.24. The summed E-state index contributed by atoms with van der Waals surface area (Å²) in [7, 11) is 2.11. The van der Waals surface area contributed by atoms with Gasteiger partial charge in [0.25, 0.3) is 5.91 Å². The fraction of sp³-hybridized carbons (Fsp3) is 0.400. The van der Waals surface area contributed by atoms with Gasteiger partial charge in [-0.1, -0.05) is 42.8 Å². The Hall–Kier alpha value is -1.72. The number of rotatable bonds is 3. The third-order valence-electron chi connectivity index (χ3n) is 4.67. The number of nitrogens with one attached hydrogen (secondary N) is 1. The number of hydrogen-bond donors (Lipinski definition) is 1. The molecule has 5 heteroatoms. The normalized spacial score (nSPS) is 16.4. The maximum absolute atomic E-state index is 12.6. The molecule has 0 bridgehead atoms. The van der Waals surface area contributed by atoms with Gasteiger partial charge in [-0.3, -0.25) is 9.78 Å². The van der Waals surface area contributed by atoms with E-state index in [9.17, 15) is 4.79 Å². The van der Waals surface area contributed by atoms with Gasteiger partial charge in [-0.25, -0.2) is 0 Å². The first kappa shape index (κ1) is 18.1. The molecule has 0 saturated carbocycles. The van der Waals surface area contributed by atoms with Crippen LogP contribution in [-0.4, -0.2) is 29.4 Å². The molecule has 0 radical (unpaired) electrons. The van der Waals surface area contributed by atoms with Crippen LogP contribution < -0.4 is 5.32 Å². The highest BCUT2D eigenvalue weighted by Crippen LogP contribution is 2.32. The van der Waals surface area contributed by atoms with Gasteiger partial charge >= 0.3 is 0 Å². The number of amides is 1. The van der Waals surface area contributed by atoms with Crippen molar-refractivity contribution in [1.29, 1.82) is 0 Å². The summed E-state index contributed by atoms with van der Waals surface area (Å²) in [5, 5.41) is 2.97. The maximum atomic E-state index is 12.6. The summed E-state index contributed by atoms with van der Waals surface area (Å²) in [4.78, 5) is 19.5. The van der Waals surface area contributed by atoms with Crippen molar-refractivity contribution in [2.45, 2.75) is 39.2 Å². The highest BCUT2D eigenvalue weighted by molar-refractivity contribution is 9.10. The number of benzene rings is 1. The van der Waals surface area contributed by atoms with Crippen molar-refractivity contribution in [3.05, 3.63) is 57.3 Å². The molecule has 0 unspecified atom stereocenters. The third-order valence-corrected chi connectivity index (χ3v) is 5.41. The summed E-state index contributed by atoms with van der Waals surface area (Å²) in [6, 6.07) is 7.77. The van der Waals surface area contributed by atoms with Gasteiger partial charge < -0.3 is 10.2 Å². The highest BCUT2D eigenvalue weighted by Gasteiger charge is 2.31. The van der Waals surface area contributed by atoms with E-state index in [2.05, 4.69) is 58.9 Å². The van der Waals surface area contributed by atoms with E-state index in [0.29, 0.717) is 5.56 Å². The Balaban J connectivity index is 1.83. The lowest BCUT2D eigenvalue weighted by Crippen LogP contribution is -2.40. The lowest BCUT2D eigenvalue weighted by Gasteiger charge is -2.37. The molecule has 1 N–H and O–H groups in total. The molecule has 1 amide bonds. The van der Waals surface area contributed by atoms with Crippen molar-refractivity contribution in [1.82, 2.24) is 9.88 Å². The average Bonchev–Trinajstić information content (AvgIpc) is 2.53. The van der Waals surface area contributed by atoms with Gasteiger partial charge in [0, 0.05) is 28.5 Å². The van der Waals surface area contributed by atoms with Gasteiger partial charge in [0.05, 0.1) is 17.6 Å². The van der Waals surface area contributed by atoms with Crippen molar-refractivity contribution in [2.24, 2.45) is 0 Å². The smallest absolute Gasteiger partial charge is 0.255 e. The Morgan fingerprint density at radius 2 is 2.12 bits per heavy atom. The monoisotopic (exact) mass is 401 g/mol. The van der Waals surface area contributed by atoms with Gasteiger partial charge in [0.1, 0.15) is 0 Å². The summed E-state index contributed by atoms with van der Waals surface area (Å²) < 4.78 is 0.967.